The Balaban J connectivity index is 1.14. The Morgan fingerprint density at radius 3 is 1.26 bits per heavy atom. The van der Waals surface area contributed by atoms with E-state index >= 15 is 4.57 Å². The molecule has 11 rings (SSSR count). The van der Waals surface area contributed by atoms with Crippen molar-refractivity contribution < 1.29 is 4.57 Å². The van der Waals surface area contributed by atoms with Gasteiger partial charge in [0, 0.05) is 15.9 Å². The van der Waals surface area contributed by atoms with Crippen LogP contribution in [0.1, 0.15) is 0 Å². The lowest BCUT2D eigenvalue weighted by Crippen LogP contribution is -2.24. The molecule has 0 unspecified atom stereocenters. The number of benzene rings is 11. The molecule has 0 bridgehead atoms. The summed E-state index contributed by atoms with van der Waals surface area (Å²) in [7, 11) is -3.10. The molecule has 11 aromatic rings. The lowest BCUT2D eigenvalue weighted by Gasteiger charge is -2.21. The van der Waals surface area contributed by atoms with Crippen LogP contribution >= 0.6 is 7.14 Å². The van der Waals surface area contributed by atoms with Crippen LogP contribution in [0.2, 0.25) is 0 Å². The average Bonchev–Trinajstić information content (AvgIpc) is 3.30. The Morgan fingerprint density at radius 2 is 0.638 bits per heavy atom. The van der Waals surface area contributed by atoms with Gasteiger partial charge in [-0.25, -0.2) is 0 Å². The van der Waals surface area contributed by atoms with Crippen LogP contribution in [0.3, 0.4) is 0 Å². The highest BCUT2D eigenvalue weighted by atomic mass is 31.2. The summed E-state index contributed by atoms with van der Waals surface area (Å²) in [6, 6.07) is 79.6. The Labute approximate surface area is 337 Å². The SMILES string of the molecule is O=P(c1ccccc1)(c1ccccc1)c1ccc(-c2ccc3c(-c4ccc5ccccc5c4)c4ccccc4c(-c4ccc5cc6ccccc6cc5c4)c3c2)cc1. The van der Waals surface area contributed by atoms with Crippen LogP contribution in [0.4, 0.5) is 0 Å². The van der Waals surface area contributed by atoms with E-state index in [9.17, 15) is 0 Å². The van der Waals surface area contributed by atoms with Gasteiger partial charge in [-0.05, 0) is 118 Å². The summed E-state index contributed by atoms with van der Waals surface area (Å²) in [5.74, 6) is 0. The van der Waals surface area contributed by atoms with Crippen molar-refractivity contribution in [3.8, 4) is 33.4 Å². The lowest BCUT2D eigenvalue weighted by atomic mass is 9.84. The first kappa shape index (κ1) is 34.2. The number of rotatable bonds is 6. The molecule has 1 nitrogen and oxygen atoms in total. The van der Waals surface area contributed by atoms with E-state index in [4.69, 9.17) is 0 Å². The second kappa shape index (κ2) is 13.9. The third-order valence-corrected chi connectivity index (χ3v) is 14.9. The van der Waals surface area contributed by atoms with Crippen molar-refractivity contribution in [3.63, 3.8) is 0 Å². The molecule has 0 aliphatic carbocycles. The van der Waals surface area contributed by atoms with Crippen LogP contribution in [-0.2, 0) is 4.57 Å². The van der Waals surface area contributed by atoms with Crippen molar-refractivity contribution >= 4 is 76.9 Å². The molecule has 0 aliphatic heterocycles. The van der Waals surface area contributed by atoms with Crippen LogP contribution < -0.4 is 15.9 Å². The molecule has 0 saturated heterocycles. The topological polar surface area (TPSA) is 17.1 Å². The quantitative estimate of drug-likeness (QED) is 0.122. The second-order valence-electron chi connectivity index (χ2n) is 15.2. The first-order valence-electron chi connectivity index (χ1n) is 19.8. The van der Waals surface area contributed by atoms with Crippen molar-refractivity contribution in [1.29, 1.82) is 0 Å². The van der Waals surface area contributed by atoms with Gasteiger partial charge < -0.3 is 4.57 Å². The van der Waals surface area contributed by atoms with Gasteiger partial charge in [-0.2, -0.15) is 0 Å². The summed E-state index contributed by atoms with van der Waals surface area (Å²) in [5.41, 5.74) is 7.04. The minimum absolute atomic E-state index is 0.823. The van der Waals surface area contributed by atoms with Gasteiger partial charge in [-0.15, -0.1) is 0 Å². The molecule has 0 aliphatic rings. The van der Waals surface area contributed by atoms with Gasteiger partial charge >= 0.3 is 0 Å². The average molecular weight is 757 g/mol. The maximum absolute atomic E-state index is 15.2. The standard InChI is InChI=1S/C56H37OP/c57-58(48-17-3-1-4-18-48,49-19-5-2-6-20-49)50-30-27-39(28-31-50)44-29-32-53-54(37-44)56(46-26-24-43-33-41-15-9-10-16-42(41)35-47(43)36-46)52-22-12-11-21-51(52)55(53)45-25-23-38-13-7-8-14-40(38)34-45/h1-37H. The van der Waals surface area contributed by atoms with Crippen molar-refractivity contribution in [2.75, 3.05) is 0 Å². The zero-order chi connectivity index (χ0) is 38.6. The molecule has 272 valence electrons. The molecule has 0 amide bonds. The Hall–Kier alpha value is -7.05. The third-order valence-electron chi connectivity index (χ3n) is 11.9. The minimum atomic E-state index is -3.10. The lowest BCUT2D eigenvalue weighted by molar-refractivity contribution is 0.592. The zero-order valence-electron chi connectivity index (χ0n) is 31.7. The third kappa shape index (κ3) is 5.66. The summed E-state index contributed by atoms with van der Waals surface area (Å²) >= 11 is 0. The van der Waals surface area contributed by atoms with E-state index in [0.717, 1.165) is 27.0 Å². The summed E-state index contributed by atoms with van der Waals surface area (Å²) in [5, 5.41) is 14.7. The van der Waals surface area contributed by atoms with E-state index in [-0.39, 0.29) is 0 Å². The normalized spacial score (nSPS) is 11.9. The fourth-order valence-electron chi connectivity index (χ4n) is 9.01. The smallest absolute Gasteiger partial charge is 0.171 e. The van der Waals surface area contributed by atoms with Crippen LogP contribution in [0, 0.1) is 0 Å². The molecule has 0 radical (unpaired) electrons. The van der Waals surface area contributed by atoms with Crippen LogP contribution in [0.5, 0.6) is 0 Å². The van der Waals surface area contributed by atoms with E-state index in [0.29, 0.717) is 0 Å². The maximum atomic E-state index is 15.2. The highest BCUT2D eigenvalue weighted by Crippen LogP contribution is 2.47. The monoisotopic (exact) mass is 756 g/mol. The van der Waals surface area contributed by atoms with Crippen molar-refractivity contribution in [2.24, 2.45) is 0 Å². The predicted octanol–water partition coefficient (Wildman–Crippen LogP) is 14.1. The Morgan fingerprint density at radius 1 is 0.241 bits per heavy atom. The van der Waals surface area contributed by atoms with Crippen LogP contribution in [0.15, 0.2) is 224 Å². The molecular weight excluding hydrogens is 720 g/mol. The van der Waals surface area contributed by atoms with Gasteiger partial charge in [-0.1, -0.05) is 194 Å². The first-order valence-corrected chi connectivity index (χ1v) is 21.6. The van der Waals surface area contributed by atoms with Gasteiger partial charge in [0.25, 0.3) is 0 Å². The van der Waals surface area contributed by atoms with Crippen molar-refractivity contribution in [1.82, 2.24) is 0 Å². The minimum Gasteiger partial charge on any atom is -0.309 e. The Kier molecular flexibility index (Phi) is 8.17. The van der Waals surface area contributed by atoms with E-state index in [1.165, 1.54) is 76.1 Å². The van der Waals surface area contributed by atoms with Crippen LogP contribution in [0.25, 0.3) is 87.2 Å². The fraction of sp³-hybridized carbons (Fsp3) is 0. The molecule has 0 atom stereocenters. The largest absolute Gasteiger partial charge is 0.309 e. The molecule has 58 heavy (non-hydrogen) atoms. The summed E-state index contributed by atoms with van der Waals surface area (Å²) in [6.07, 6.45) is 0. The molecule has 0 aromatic heterocycles. The first-order chi connectivity index (χ1) is 28.6. The van der Waals surface area contributed by atoms with E-state index in [1.54, 1.807) is 0 Å². The highest BCUT2D eigenvalue weighted by Gasteiger charge is 2.29. The summed E-state index contributed by atoms with van der Waals surface area (Å²) in [4.78, 5) is 0. The van der Waals surface area contributed by atoms with Crippen molar-refractivity contribution in [3.05, 3.63) is 224 Å². The zero-order valence-corrected chi connectivity index (χ0v) is 32.6. The molecule has 0 saturated carbocycles. The molecule has 11 aromatic carbocycles. The molecule has 2 heteroatoms. The molecule has 0 spiro atoms. The molecule has 0 heterocycles. The van der Waals surface area contributed by atoms with Gasteiger partial charge in [0.1, 0.15) is 0 Å². The number of fused-ring (bicyclic) bond motifs is 5. The van der Waals surface area contributed by atoms with E-state index in [2.05, 4.69) is 164 Å². The van der Waals surface area contributed by atoms with Gasteiger partial charge in [-0.3, -0.25) is 0 Å². The molecule has 0 N–H and O–H groups in total. The number of hydrogen-bond acceptors (Lipinski definition) is 1. The van der Waals surface area contributed by atoms with Crippen molar-refractivity contribution in [2.45, 2.75) is 0 Å². The predicted molar refractivity (Wildman–Crippen MR) is 250 cm³/mol. The summed E-state index contributed by atoms with van der Waals surface area (Å²) in [6.45, 7) is 0. The number of hydrogen-bond donors (Lipinski definition) is 0. The molecule has 0 fully saturated rings. The van der Waals surface area contributed by atoms with E-state index in [1.807, 2.05) is 60.7 Å². The maximum Gasteiger partial charge on any atom is 0.171 e. The van der Waals surface area contributed by atoms with E-state index < -0.39 is 7.14 Å². The summed E-state index contributed by atoms with van der Waals surface area (Å²) < 4.78 is 15.2. The molecular formula is C56H37OP. The van der Waals surface area contributed by atoms with Crippen LogP contribution in [-0.4, -0.2) is 0 Å². The highest BCUT2D eigenvalue weighted by molar-refractivity contribution is 7.85. The van der Waals surface area contributed by atoms with Gasteiger partial charge in [0.2, 0.25) is 0 Å². The van der Waals surface area contributed by atoms with Gasteiger partial charge in [0.05, 0.1) is 0 Å². The van der Waals surface area contributed by atoms with Gasteiger partial charge in [0.15, 0.2) is 7.14 Å². The fourth-order valence-corrected chi connectivity index (χ4v) is 11.7. The Bertz CT molecular complexity index is 3360. The second-order valence-corrected chi connectivity index (χ2v) is 18.0.